The Morgan fingerprint density at radius 3 is 1.30 bits per heavy atom. The zero-order valence-corrected chi connectivity index (χ0v) is 34.2. The number of ether oxygens (including phenoxy) is 6. The fourth-order valence-electron chi connectivity index (χ4n) is 5.74. The quantitative estimate of drug-likeness (QED) is 0.0579. The summed E-state index contributed by atoms with van der Waals surface area (Å²) in [7, 11) is -2.57. The number of carbonyl (C=O) groups excluding carboxylic acids is 4. The summed E-state index contributed by atoms with van der Waals surface area (Å²) in [4.78, 5) is 56.0. The van der Waals surface area contributed by atoms with E-state index in [2.05, 4.69) is 20.8 Å². The molecule has 0 bridgehead atoms. The number of esters is 4. The SMILES string of the molecule is CC(C)(C)[Si](C)(C)OC[C@@H](OC(=O)c1ccccc1)[C@@H](OC(=O)c1ccccc1)[C@H](OC(=O)c1ccccc1)[C@@H](COC1CCCCO1)OC(=O)c1ccccc1. The number of rotatable bonds is 17. The molecule has 4 aromatic rings. The highest BCUT2D eigenvalue weighted by molar-refractivity contribution is 6.74. The molecular weight excluding hydrogens is 745 g/mol. The molecule has 1 saturated heterocycles. The van der Waals surface area contributed by atoms with E-state index in [1.807, 2.05) is 13.1 Å². The minimum absolute atomic E-state index is 0.177. The Morgan fingerprint density at radius 1 is 0.579 bits per heavy atom. The van der Waals surface area contributed by atoms with E-state index in [-0.39, 0.29) is 40.5 Å². The number of hydrogen-bond acceptors (Lipinski definition) is 11. The van der Waals surface area contributed by atoms with Gasteiger partial charge in [0.2, 0.25) is 0 Å². The zero-order valence-electron chi connectivity index (χ0n) is 33.2. The Bertz CT molecular complexity index is 1880. The third kappa shape index (κ3) is 12.4. The number of hydrogen-bond donors (Lipinski definition) is 0. The molecule has 0 radical (unpaired) electrons. The zero-order chi connectivity index (χ0) is 40.8. The molecule has 0 spiro atoms. The molecule has 0 aliphatic carbocycles. The van der Waals surface area contributed by atoms with Crippen LogP contribution in [0.3, 0.4) is 0 Å². The van der Waals surface area contributed by atoms with Gasteiger partial charge in [-0.2, -0.15) is 0 Å². The van der Waals surface area contributed by atoms with Crippen molar-refractivity contribution in [2.45, 2.75) is 88.9 Å². The van der Waals surface area contributed by atoms with Gasteiger partial charge >= 0.3 is 23.9 Å². The van der Waals surface area contributed by atoms with Crippen LogP contribution in [0, 0.1) is 0 Å². The molecule has 12 heteroatoms. The van der Waals surface area contributed by atoms with Crippen molar-refractivity contribution in [3.8, 4) is 0 Å². The van der Waals surface area contributed by atoms with Gasteiger partial charge in [0.05, 0.1) is 35.5 Å². The van der Waals surface area contributed by atoms with Crippen LogP contribution in [0.25, 0.3) is 0 Å². The van der Waals surface area contributed by atoms with Crippen LogP contribution in [0.15, 0.2) is 121 Å². The van der Waals surface area contributed by atoms with E-state index in [9.17, 15) is 19.2 Å². The normalized spacial score (nSPS) is 16.6. The molecular formula is C45H52O11Si. The molecule has 1 unspecified atom stereocenters. The van der Waals surface area contributed by atoms with E-state index in [4.69, 9.17) is 32.8 Å². The minimum Gasteiger partial charge on any atom is -0.452 e. The average Bonchev–Trinajstić information content (AvgIpc) is 3.23. The molecule has 0 N–H and O–H groups in total. The molecule has 0 aromatic heterocycles. The van der Waals surface area contributed by atoms with E-state index in [1.165, 1.54) is 0 Å². The summed E-state index contributed by atoms with van der Waals surface area (Å²) in [5.41, 5.74) is 0.802. The highest BCUT2D eigenvalue weighted by Gasteiger charge is 2.47. The second-order valence-electron chi connectivity index (χ2n) is 15.3. The number of carbonyl (C=O) groups is 4. The van der Waals surface area contributed by atoms with Gasteiger partial charge in [-0.3, -0.25) is 0 Å². The first-order valence-electron chi connectivity index (χ1n) is 19.2. The monoisotopic (exact) mass is 796 g/mol. The summed E-state index contributed by atoms with van der Waals surface area (Å²) in [5, 5.41) is -0.266. The van der Waals surface area contributed by atoms with Gasteiger partial charge in [0.15, 0.2) is 39.0 Å². The Balaban J connectivity index is 1.65. The van der Waals surface area contributed by atoms with Gasteiger partial charge in [-0.1, -0.05) is 93.6 Å². The van der Waals surface area contributed by atoms with Gasteiger partial charge < -0.3 is 32.8 Å². The van der Waals surface area contributed by atoms with Crippen LogP contribution in [0.2, 0.25) is 18.1 Å². The molecule has 11 nitrogen and oxygen atoms in total. The smallest absolute Gasteiger partial charge is 0.338 e. The van der Waals surface area contributed by atoms with Crippen molar-refractivity contribution in [1.29, 1.82) is 0 Å². The maximum Gasteiger partial charge on any atom is 0.338 e. The highest BCUT2D eigenvalue weighted by Crippen LogP contribution is 2.37. The first-order valence-corrected chi connectivity index (χ1v) is 22.1. The van der Waals surface area contributed by atoms with Crippen molar-refractivity contribution in [2.75, 3.05) is 19.8 Å². The molecule has 1 fully saturated rings. The van der Waals surface area contributed by atoms with Crippen LogP contribution in [-0.2, 0) is 32.8 Å². The third-order valence-corrected chi connectivity index (χ3v) is 14.6. The molecule has 302 valence electrons. The van der Waals surface area contributed by atoms with Gasteiger partial charge in [0, 0.05) is 6.61 Å². The lowest BCUT2D eigenvalue weighted by Gasteiger charge is -2.40. The van der Waals surface area contributed by atoms with E-state index >= 15 is 0 Å². The number of benzene rings is 4. The lowest BCUT2D eigenvalue weighted by Crippen LogP contribution is -2.56. The van der Waals surface area contributed by atoms with Crippen molar-refractivity contribution in [3.63, 3.8) is 0 Å². The topological polar surface area (TPSA) is 133 Å². The van der Waals surface area contributed by atoms with Gasteiger partial charge in [-0.05, 0) is 85.9 Å². The van der Waals surface area contributed by atoms with Crippen molar-refractivity contribution < 1.29 is 52.0 Å². The predicted octanol–water partition coefficient (Wildman–Crippen LogP) is 8.45. The van der Waals surface area contributed by atoms with Crippen LogP contribution < -0.4 is 0 Å². The molecule has 5 atom stereocenters. The van der Waals surface area contributed by atoms with Gasteiger partial charge in [0.1, 0.15) is 0 Å². The van der Waals surface area contributed by atoms with E-state index in [0.29, 0.717) is 13.0 Å². The summed E-state index contributed by atoms with van der Waals surface area (Å²) in [6.07, 6.45) is -4.37. The summed E-state index contributed by atoms with van der Waals surface area (Å²) in [6.45, 7) is 10.1. The van der Waals surface area contributed by atoms with Crippen molar-refractivity contribution in [1.82, 2.24) is 0 Å². The van der Waals surface area contributed by atoms with Gasteiger partial charge in [-0.25, -0.2) is 19.2 Å². The van der Waals surface area contributed by atoms with Crippen LogP contribution in [0.4, 0.5) is 0 Å². The maximum absolute atomic E-state index is 14.1. The lowest BCUT2D eigenvalue weighted by atomic mass is 10.0. The molecule has 0 saturated carbocycles. The summed E-state index contributed by atoms with van der Waals surface area (Å²) in [6, 6.07) is 33.1. The lowest BCUT2D eigenvalue weighted by molar-refractivity contribution is -0.194. The van der Waals surface area contributed by atoms with E-state index in [1.54, 1.807) is 121 Å². The second-order valence-corrected chi connectivity index (χ2v) is 20.1. The Labute approximate surface area is 335 Å². The Morgan fingerprint density at radius 2 is 0.947 bits per heavy atom. The minimum atomic E-state index is -2.57. The predicted molar refractivity (Wildman–Crippen MR) is 215 cm³/mol. The fraction of sp³-hybridized carbons (Fsp3) is 0.378. The summed E-state index contributed by atoms with van der Waals surface area (Å²) >= 11 is 0. The standard InChI is InChI=1S/C45H52O11Si/c1-45(2,3)57(4,5)52-31-37(54-42(47)33-22-12-7-13-23-33)40(56-44(49)35-26-16-9-17-27-35)39(55-43(48)34-24-14-8-15-25-34)36(30-51-38-28-18-19-29-50-38)53-41(46)32-20-10-6-11-21-32/h6-17,20-27,36-40H,18-19,28-31H2,1-5H3/t36-,37-,38?,39-,40-/m1/s1. The molecule has 1 aliphatic rings. The van der Waals surface area contributed by atoms with Crippen LogP contribution in [0.1, 0.15) is 81.5 Å². The fourth-order valence-corrected chi connectivity index (χ4v) is 6.76. The van der Waals surface area contributed by atoms with Crippen LogP contribution in [-0.4, -0.2) is 82.7 Å². The Kier molecular flexibility index (Phi) is 15.3. The van der Waals surface area contributed by atoms with E-state index in [0.717, 1.165) is 12.8 Å². The van der Waals surface area contributed by atoms with Crippen molar-refractivity contribution >= 4 is 32.2 Å². The summed E-state index contributed by atoms with van der Waals surface area (Å²) < 4.78 is 43.7. The molecule has 1 aliphatic heterocycles. The second kappa shape index (κ2) is 20.3. The van der Waals surface area contributed by atoms with Crippen molar-refractivity contribution in [2.24, 2.45) is 0 Å². The average molecular weight is 797 g/mol. The largest absolute Gasteiger partial charge is 0.452 e. The Hall–Kier alpha value is -5.14. The van der Waals surface area contributed by atoms with E-state index < -0.39 is 62.9 Å². The molecule has 57 heavy (non-hydrogen) atoms. The summed E-state index contributed by atoms with van der Waals surface area (Å²) in [5.74, 6) is -3.11. The molecule has 4 aromatic carbocycles. The van der Waals surface area contributed by atoms with Gasteiger partial charge in [0.25, 0.3) is 0 Å². The highest BCUT2D eigenvalue weighted by atomic mass is 28.4. The molecule has 1 heterocycles. The molecule has 5 rings (SSSR count). The van der Waals surface area contributed by atoms with Crippen LogP contribution in [0.5, 0.6) is 0 Å². The third-order valence-electron chi connectivity index (χ3n) is 10.1. The van der Waals surface area contributed by atoms with Gasteiger partial charge in [-0.15, -0.1) is 0 Å². The first-order chi connectivity index (χ1) is 27.3. The van der Waals surface area contributed by atoms with Crippen LogP contribution >= 0.6 is 0 Å². The molecule has 0 amide bonds. The maximum atomic E-state index is 14.1. The first kappa shape index (κ1) is 43.0. The van der Waals surface area contributed by atoms with Crippen molar-refractivity contribution in [3.05, 3.63) is 144 Å².